The maximum atomic E-state index is 13.8. The summed E-state index contributed by atoms with van der Waals surface area (Å²) in [6.07, 6.45) is -3.67. The van der Waals surface area contributed by atoms with Gasteiger partial charge < -0.3 is 9.64 Å². The number of hydrogen-bond acceptors (Lipinski definition) is 4. The molecule has 1 aromatic heterocycles. The Balaban J connectivity index is 1.86. The van der Waals surface area contributed by atoms with Gasteiger partial charge in [0.15, 0.2) is 0 Å². The van der Waals surface area contributed by atoms with Crippen molar-refractivity contribution in [2.75, 3.05) is 11.5 Å². The van der Waals surface area contributed by atoms with Crippen molar-refractivity contribution in [2.45, 2.75) is 51.7 Å². The molecule has 0 spiro atoms. The Morgan fingerprint density at radius 1 is 1.21 bits per heavy atom. The van der Waals surface area contributed by atoms with Crippen LogP contribution in [0.25, 0.3) is 0 Å². The first-order valence-electron chi connectivity index (χ1n) is 9.23. The molecule has 2 aromatic rings. The van der Waals surface area contributed by atoms with Gasteiger partial charge in [0.25, 0.3) is 5.56 Å². The number of anilines is 1. The van der Waals surface area contributed by atoms with Crippen molar-refractivity contribution in [3.8, 4) is 0 Å². The molecule has 3 rings (SSSR count). The molecule has 0 fully saturated rings. The van der Waals surface area contributed by atoms with Crippen LogP contribution in [0.15, 0.2) is 33.7 Å². The summed E-state index contributed by atoms with van der Waals surface area (Å²) in [7, 11) is -1.33. The van der Waals surface area contributed by atoms with E-state index in [0.717, 1.165) is 32.5 Å². The molecule has 0 radical (unpaired) electrons. The van der Waals surface area contributed by atoms with E-state index in [-0.39, 0.29) is 19.0 Å². The third-order valence-corrected chi connectivity index (χ3v) is 6.95. The maximum Gasteiger partial charge on any atom is 0.423 e. The van der Waals surface area contributed by atoms with E-state index < -0.39 is 25.4 Å². The first-order chi connectivity index (χ1) is 13.5. The third-order valence-electron chi connectivity index (χ3n) is 4.75. The fraction of sp³-hybridized carbons (Fsp3) is 0.474. The summed E-state index contributed by atoms with van der Waals surface area (Å²) in [4.78, 5) is 14.1. The van der Waals surface area contributed by atoms with Crippen molar-refractivity contribution in [2.24, 2.45) is 0 Å². The first kappa shape index (κ1) is 22.0. The fourth-order valence-electron chi connectivity index (χ4n) is 3.14. The molecule has 5 nitrogen and oxygen atoms in total. The van der Waals surface area contributed by atoms with Crippen molar-refractivity contribution in [3.63, 3.8) is 0 Å². The van der Waals surface area contributed by atoms with Gasteiger partial charge in [-0.05, 0) is 29.3 Å². The normalized spacial score (nSPS) is 14.4. The Morgan fingerprint density at radius 3 is 2.55 bits per heavy atom. The lowest BCUT2D eigenvalue weighted by atomic mass is 10.1. The van der Waals surface area contributed by atoms with Gasteiger partial charge in [0.1, 0.15) is 12.3 Å². The van der Waals surface area contributed by atoms with Gasteiger partial charge in [-0.1, -0.05) is 41.6 Å². The molecule has 0 saturated carbocycles. The van der Waals surface area contributed by atoms with Gasteiger partial charge in [-0.15, -0.1) is 0 Å². The summed E-state index contributed by atoms with van der Waals surface area (Å²) in [6.45, 7) is 7.19. The molecular weight excluding hydrogens is 467 g/mol. The summed E-state index contributed by atoms with van der Waals surface area (Å²) in [5.41, 5.74) is -0.729. The number of rotatable bonds is 6. The van der Waals surface area contributed by atoms with Gasteiger partial charge in [-0.3, -0.25) is 4.79 Å². The molecule has 0 aliphatic carbocycles. The smallest absolute Gasteiger partial charge is 0.361 e. The lowest BCUT2D eigenvalue weighted by Gasteiger charge is -2.22. The van der Waals surface area contributed by atoms with E-state index >= 15 is 0 Å². The summed E-state index contributed by atoms with van der Waals surface area (Å²) in [5.74, 6) is 0. The minimum absolute atomic E-state index is 0.201. The van der Waals surface area contributed by atoms with Gasteiger partial charge in [-0.2, -0.15) is 18.3 Å². The number of halogens is 4. The topological polar surface area (TPSA) is 47.4 Å². The Morgan fingerprint density at radius 2 is 1.90 bits per heavy atom. The molecule has 10 heteroatoms. The molecule has 29 heavy (non-hydrogen) atoms. The molecule has 1 aromatic carbocycles. The summed E-state index contributed by atoms with van der Waals surface area (Å²) < 4.78 is 48.3. The van der Waals surface area contributed by atoms with Gasteiger partial charge in [0, 0.05) is 32.2 Å². The van der Waals surface area contributed by atoms with Crippen molar-refractivity contribution >= 4 is 29.7 Å². The minimum atomic E-state index is -4.79. The van der Waals surface area contributed by atoms with E-state index in [0.29, 0.717) is 13.2 Å². The monoisotopic (exact) mass is 489 g/mol. The van der Waals surface area contributed by atoms with Crippen LogP contribution in [-0.4, -0.2) is 24.5 Å². The Labute approximate surface area is 176 Å². The molecule has 0 saturated heterocycles. The van der Waals surface area contributed by atoms with Crippen LogP contribution < -0.4 is 10.5 Å². The number of fused-ring (bicyclic) bond motifs is 1. The molecule has 1 aliphatic heterocycles. The maximum absolute atomic E-state index is 13.8. The first-order valence-corrected chi connectivity index (χ1v) is 13.7. The third kappa shape index (κ3) is 5.29. The zero-order valence-corrected chi connectivity index (χ0v) is 19.1. The number of benzene rings is 1. The Kier molecular flexibility index (Phi) is 6.26. The summed E-state index contributed by atoms with van der Waals surface area (Å²) >= 11 is 3.37. The van der Waals surface area contributed by atoms with Crippen LogP contribution in [0.1, 0.15) is 16.7 Å². The number of ether oxygens (including phenoxy) is 1. The lowest BCUT2D eigenvalue weighted by molar-refractivity contribution is -0.138. The van der Waals surface area contributed by atoms with Crippen molar-refractivity contribution < 1.29 is 17.9 Å². The zero-order valence-electron chi connectivity index (χ0n) is 16.5. The van der Waals surface area contributed by atoms with Gasteiger partial charge >= 0.3 is 6.18 Å². The van der Waals surface area contributed by atoms with E-state index in [1.807, 2.05) is 18.2 Å². The zero-order chi connectivity index (χ0) is 21.4. The molecule has 158 valence electrons. The van der Waals surface area contributed by atoms with Gasteiger partial charge in [0.05, 0.1) is 11.9 Å². The second-order valence-corrected chi connectivity index (χ2v) is 14.9. The Bertz CT molecular complexity index is 957. The predicted molar refractivity (Wildman–Crippen MR) is 112 cm³/mol. The van der Waals surface area contributed by atoms with E-state index in [4.69, 9.17) is 4.74 Å². The lowest BCUT2D eigenvalue weighted by Crippen LogP contribution is -2.34. The van der Waals surface area contributed by atoms with Gasteiger partial charge in [-0.25, -0.2) is 4.68 Å². The Hall–Kier alpha value is -1.65. The molecule has 0 atom stereocenters. The van der Waals surface area contributed by atoms with Crippen LogP contribution in [0, 0.1) is 0 Å². The fourth-order valence-corrected chi connectivity index (χ4v) is 4.31. The number of alkyl halides is 3. The highest BCUT2D eigenvalue weighted by atomic mass is 79.9. The summed E-state index contributed by atoms with van der Waals surface area (Å²) in [5, 5.41) is 3.95. The molecule has 1 aliphatic rings. The average molecular weight is 490 g/mol. The van der Waals surface area contributed by atoms with Crippen molar-refractivity contribution in [1.29, 1.82) is 0 Å². The highest BCUT2D eigenvalue weighted by molar-refractivity contribution is 9.10. The van der Waals surface area contributed by atoms with Crippen LogP contribution in [0.2, 0.25) is 25.7 Å². The van der Waals surface area contributed by atoms with E-state index in [1.165, 1.54) is 4.90 Å². The highest BCUT2D eigenvalue weighted by Crippen LogP contribution is 2.37. The quantitative estimate of drug-likeness (QED) is 0.429. The van der Waals surface area contributed by atoms with Gasteiger partial charge in [0.2, 0.25) is 0 Å². The van der Waals surface area contributed by atoms with Crippen LogP contribution >= 0.6 is 15.9 Å². The van der Waals surface area contributed by atoms with E-state index in [1.54, 1.807) is 0 Å². The SMILES string of the molecule is C[Si](C)(C)CCOCn1ncc(N2Cc3ccc(Br)cc3C2)c(C(F)(F)F)c1=O. The number of nitrogens with zero attached hydrogens (tertiary/aromatic N) is 3. The second-order valence-electron chi connectivity index (χ2n) is 8.32. The van der Waals surface area contributed by atoms with Crippen LogP contribution in [-0.2, 0) is 30.7 Å². The van der Waals surface area contributed by atoms with Crippen LogP contribution in [0.4, 0.5) is 18.9 Å². The molecule has 0 amide bonds. The molecule has 0 N–H and O–H groups in total. The molecular formula is C19H23BrF3N3O2Si. The standard InChI is InChI=1S/C19H23BrF3N3O2Si/c1-29(2,3)7-6-28-12-26-18(27)17(19(21,22)23)16(9-24-26)25-10-13-4-5-15(20)8-14(13)11-25/h4-5,8-9H,6-7,10-12H2,1-3H3. The van der Waals surface area contributed by atoms with E-state index in [2.05, 4.69) is 40.7 Å². The second kappa shape index (κ2) is 8.23. The van der Waals surface area contributed by atoms with E-state index in [9.17, 15) is 18.0 Å². The molecule has 0 bridgehead atoms. The average Bonchev–Trinajstić information content (AvgIpc) is 3.00. The number of hydrogen-bond donors (Lipinski definition) is 0. The predicted octanol–water partition coefficient (Wildman–Crippen LogP) is 4.86. The minimum Gasteiger partial charge on any atom is -0.361 e. The van der Waals surface area contributed by atoms with Crippen LogP contribution in [0.3, 0.4) is 0 Å². The largest absolute Gasteiger partial charge is 0.423 e. The molecule has 0 unspecified atom stereocenters. The molecule has 2 heterocycles. The van der Waals surface area contributed by atoms with Crippen molar-refractivity contribution in [1.82, 2.24) is 9.78 Å². The van der Waals surface area contributed by atoms with Crippen molar-refractivity contribution in [3.05, 3.63) is 55.9 Å². The number of aromatic nitrogens is 2. The summed E-state index contributed by atoms with van der Waals surface area (Å²) in [6, 6.07) is 6.45. The highest BCUT2D eigenvalue weighted by Gasteiger charge is 2.40. The van der Waals surface area contributed by atoms with Crippen LogP contribution in [0.5, 0.6) is 0 Å².